The Hall–Kier alpha value is -1.11. The highest BCUT2D eigenvalue weighted by molar-refractivity contribution is 5.92. The molecule has 0 aromatic heterocycles. The fourth-order valence-electron chi connectivity index (χ4n) is 5.02. The van der Waals surface area contributed by atoms with Gasteiger partial charge in [0.2, 0.25) is 0 Å². The highest BCUT2D eigenvalue weighted by Gasteiger charge is 2.30. The van der Waals surface area contributed by atoms with E-state index in [0.29, 0.717) is 6.17 Å². The molecule has 0 aromatic carbocycles. The van der Waals surface area contributed by atoms with E-state index in [-0.39, 0.29) is 5.91 Å². The van der Waals surface area contributed by atoms with Crippen molar-refractivity contribution in [1.82, 2.24) is 25.3 Å². The third kappa shape index (κ3) is 5.28. The number of likely N-dealkylation sites (tertiary alicyclic amines) is 1. The zero-order valence-corrected chi connectivity index (χ0v) is 17.7. The maximum absolute atomic E-state index is 12.5. The molecule has 0 aromatic rings. The Kier molecular flexibility index (Phi) is 6.91. The molecule has 0 radical (unpaired) electrons. The number of hydrogen-bond acceptors (Lipinski definition) is 5. The lowest BCUT2D eigenvalue weighted by Gasteiger charge is -2.38. The van der Waals surface area contributed by atoms with Crippen LogP contribution in [0.4, 0.5) is 0 Å². The van der Waals surface area contributed by atoms with E-state index in [0.717, 1.165) is 50.1 Å². The average Bonchev–Trinajstić information content (AvgIpc) is 3.59. The van der Waals surface area contributed by atoms with E-state index < -0.39 is 0 Å². The van der Waals surface area contributed by atoms with E-state index in [4.69, 9.17) is 0 Å². The van der Waals surface area contributed by atoms with Crippen LogP contribution in [-0.4, -0.2) is 85.2 Å². The number of nitrogens with zero attached hydrogens (tertiary/aromatic N) is 3. The Labute approximate surface area is 170 Å². The Bertz CT molecular complexity index is 553. The molecule has 2 saturated heterocycles. The second-order valence-corrected chi connectivity index (χ2v) is 9.10. The highest BCUT2D eigenvalue weighted by Crippen LogP contribution is 2.27. The molecule has 4 rings (SSSR count). The molecule has 2 N–H and O–H groups in total. The van der Waals surface area contributed by atoms with Gasteiger partial charge in [0.25, 0.3) is 5.91 Å². The van der Waals surface area contributed by atoms with Crippen LogP contribution in [0.1, 0.15) is 51.9 Å². The van der Waals surface area contributed by atoms with Gasteiger partial charge in [-0.3, -0.25) is 14.6 Å². The molecule has 1 aliphatic carbocycles. The first-order valence-corrected chi connectivity index (χ1v) is 11.7. The Morgan fingerprint density at radius 3 is 2.54 bits per heavy atom. The van der Waals surface area contributed by atoms with Crippen molar-refractivity contribution in [3.8, 4) is 0 Å². The molecule has 1 atom stereocenters. The van der Waals surface area contributed by atoms with Crippen LogP contribution in [0.25, 0.3) is 0 Å². The normalized spacial score (nSPS) is 29.0. The molecule has 1 unspecified atom stereocenters. The molecular weight excluding hydrogens is 350 g/mol. The van der Waals surface area contributed by atoms with E-state index in [2.05, 4.69) is 38.3 Å². The summed E-state index contributed by atoms with van der Waals surface area (Å²) in [6.07, 6.45) is 10.9. The maximum Gasteiger partial charge on any atom is 0.267 e. The zero-order valence-electron chi connectivity index (χ0n) is 17.7. The minimum atomic E-state index is 0.0933. The summed E-state index contributed by atoms with van der Waals surface area (Å²) < 4.78 is 0. The standard InChI is InChI=1S/C22H39N5O/c1-2-25-13-9-19(10-14-25)26-11-4-12-27(16-15-26)21-6-3-5-20(24-21)22(28)23-17-18-7-8-18/h5,18-19,21,24H,2-4,6-17H2,1H3,(H,23,28). The van der Waals surface area contributed by atoms with Crippen LogP contribution in [-0.2, 0) is 4.79 Å². The molecule has 1 saturated carbocycles. The molecule has 0 bridgehead atoms. The van der Waals surface area contributed by atoms with Crippen molar-refractivity contribution in [3.63, 3.8) is 0 Å². The summed E-state index contributed by atoms with van der Waals surface area (Å²) in [5.41, 5.74) is 0.796. The SMILES string of the molecule is CCN1CCC(N2CCCN(C3CCC=C(C(=O)NCC4CC4)N3)CC2)CC1. The van der Waals surface area contributed by atoms with Crippen LogP contribution in [0.15, 0.2) is 11.8 Å². The van der Waals surface area contributed by atoms with Gasteiger partial charge in [-0.2, -0.15) is 0 Å². The van der Waals surface area contributed by atoms with Crippen molar-refractivity contribution in [2.75, 3.05) is 52.4 Å². The van der Waals surface area contributed by atoms with Crippen LogP contribution >= 0.6 is 0 Å². The Balaban J connectivity index is 1.24. The van der Waals surface area contributed by atoms with Crippen molar-refractivity contribution in [3.05, 3.63) is 11.8 Å². The molecule has 1 amide bonds. The van der Waals surface area contributed by atoms with Crippen LogP contribution in [0, 0.1) is 5.92 Å². The van der Waals surface area contributed by atoms with E-state index in [1.165, 1.54) is 64.8 Å². The average molecular weight is 390 g/mol. The van der Waals surface area contributed by atoms with Gasteiger partial charge < -0.3 is 15.5 Å². The Morgan fingerprint density at radius 2 is 1.79 bits per heavy atom. The number of amides is 1. The summed E-state index contributed by atoms with van der Waals surface area (Å²) in [5, 5.41) is 6.66. The highest BCUT2D eigenvalue weighted by atomic mass is 16.2. The van der Waals surface area contributed by atoms with Gasteiger partial charge in [-0.1, -0.05) is 13.0 Å². The minimum Gasteiger partial charge on any atom is -0.365 e. The molecule has 3 aliphatic heterocycles. The van der Waals surface area contributed by atoms with Gasteiger partial charge in [0, 0.05) is 32.2 Å². The zero-order chi connectivity index (χ0) is 19.3. The molecule has 6 heteroatoms. The third-order valence-electron chi connectivity index (χ3n) is 7.13. The van der Waals surface area contributed by atoms with Crippen LogP contribution < -0.4 is 10.6 Å². The van der Waals surface area contributed by atoms with Crippen molar-refractivity contribution >= 4 is 5.91 Å². The number of nitrogens with one attached hydrogen (secondary N) is 2. The molecule has 0 spiro atoms. The first-order chi connectivity index (χ1) is 13.7. The minimum absolute atomic E-state index is 0.0933. The first-order valence-electron chi connectivity index (χ1n) is 11.7. The second-order valence-electron chi connectivity index (χ2n) is 9.10. The number of carbonyl (C=O) groups excluding carboxylic acids is 1. The summed E-state index contributed by atoms with van der Waals surface area (Å²) >= 11 is 0. The van der Waals surface area contributed by atoms with E-state index >= 15 is 0 Å². The fourth-order valence-corrected chi connectivity index (χ4v) is 5.02. The van der Waals surface area contributed by atoms with Gasteiger partial charge in [-0.25, -0.2) is 0 Å². The van der Waals surface area contributed by atoms with Crippen LogP contribution in [0.5, 0.6) is 0 Å². The fraction of sp³-hybridized carbons (Fsp3) is 0.864. The lowest BCUT2D eigenvalue weighted by atomic mass is 10.0. The predicted octanol–water partition coefficient (Wildman–Crippen LogP) is 1.60. The van der Waals surface area contributed by atoms with Crippen molar-refractivity contribution in [2.45, 2.75) is 64.1 Å². The first kappa shape index (κ1) is 20.2. The Morgan fingerprint density at radius 1 is 1.04 bits per heavy atom. The lowest BCUT2D eigenvalue weighted by Crippen LogP contribution is -2.51. The number of carbonyl (C=O) groups is 1. The number of hydrogen-bond donors (Lipinski definition) is 2. The van der Waals surface area contributed by atoms with Crippen LogP contribution in [0.3, 0.4) is 0 Å². The van der Waals surface area contributed by atoms with Crippen molar-refractivity contribution in [1.29, 1.82) is 0 Å². The smallest absolute Gasteiger partial charge is 0.267 e. The monoisotopic (exact) mass is 389 g/mol. The van der Waals surface area contributed by atoms with Gasteiger partial charge in [-0.05, 0) is 77.0 Å². The molecular formula is C22H39N5O. The van der Waals surface area contributed by atoms with Gasteiger partial charge in [0.15, 0.2) is 0 Å². The third-order valence-corrected chi connectivity index (χ3v) is 7.13. The van der Waals surface area contributed by atoms with Gasteiger partial charge in [-0.15, -0.1) is 0 Å². The summed E-state index contributed by atoms with van der Waals surface area (Å²) in [7, 11) is 0. The maximum atomic E-state index is 12.5. The van der Waals surface area contributed by atoms with Gasteiger partial charge >= 0.3 is 0 Å². The summed E-state index contributed by atoms with van der Waals surface area (Å²) in [6, 6.07) is 0.769. The summed E-state index contributed by atoms with van der Waals surface area (Å²) in [6.45, 7) is 11.5. The van der Waals surface area contributed by atoms with E-state index in [1.807, 2.05) is 0 Å². The molecule has 28 heavy (non-hydrogen) atoms. The molecule has 6 nitrogen and oxygen atoms in total. The number of piperidine rings is 1. The van der Waals surface area contributed by atoms with Gasteiger partial charge in [0.1, 0.15) is 0 Å². The molecule has 158 valence electrons. The summed E-state index contributed by atoms with van der Waals surface area (Å²) in [4.78, 5) is 20.4. The number of rotatable bonds is 6. The molecule has 3 fully saturated rings. The summed E-state index contributed by atoms with van der Waals surface area (Å²) in [5.74, 6) is 0.820. The number of allylic oxidation sites excluding steroid dienone is 1. The van der Waals surface area contributed by atoms with E-state index in [9.17, 15) is 4.79 Å². The largest absolute Gasteiger partial charge is 0.365 e. The van der Waals surface area contributed by atoms with Gasteiger partial charge in [0.05, 0.1) is 11.9 Å². The van der Waals surface area contributed by atoms with E-state index in [1.54, 1.807) is 0 Å². The van der Waals surface area contributed by atoms with Crippen LogP contribution in [0.2, 0.25) is 0 Å². The van der Waals surface area contributed by atoms with Crippen molar-refractivity contribution in [2.24, 2.45) is 5.92 Å². The molecule has 4 aliphatic rings. The van der Waals surface area contributed by atoms with Crippen molar-refractivity contribution < 1.29 is 4.79 Å². The predicted molar refractivity (Wildman–Crippen MR) is 113 cm³/mol. The topological polar surface area (TPSA) is 50.9 Å². The second kappa shape index (κ2) is 9.59. The molecule has 3 heterocycles. The quantitative estimate of drug-likeness (QED) is 0.723. The lowest BCUT2D eigenvalue weighted by molar-refractivity contribution is -0.118.